The Morgan fingerprint density at radius 3 is 2.47 bits per heavy atom. The molecule has 0 saturated carbocycles. The first-order valence-electron chi connectivity index (χ1n) is 5.29. The number of carboxylic acid groups (broad SMARTS) is 1. The van der Waals surface area contributed by atoms with Gasteiger partial charge in [0.15, 0.2) is 0 Å². The Bertz CT molecular complexity index is 392. The molecule has 0 aliphatic rings. The highest BCUT2D eigenvalue weighted by atomic mass is 16.4. The number of amides is 2. The van der Waals surface area contributed by atoms with E-state index in [9.17, 15) is 9.59 Å². The molecule has 2 N–H and O–H groups in total. The summed E-state index contributed by atoms with van der Waals surface area (Å²) in [6.45, 7) is 1.95. The van der Waals surface area contributed by atoms with E-state index in [4.69, 9.17) is 5.11 Å². The lowest BCUT2D eigenvalue weighted by Gasteiger charge is -2.20. The molecule has 0 spiro atoms. The van der Waals surface area contributed by atoms with Crippen LogP contribution in [0.15, 0.2) is 30.3 Å². The van der Waals surface area contributed by atoms with E-state index < -0.39 is 12.1 Å². The molecule has 0 unspecified atom stereocenters. The van der Waals surface area contributed by atoms with Crippen molar-refractivity contribution in [1.29, 1.82) is 0 Å². The number of likely N-dealkylation sites (N-methyl/N-ethyl adjacent to an activating group) is 1. The van der Waals surface area contributed by atoms with Crippen LogP contribution in [0.1, 0.15) is 12.5 Å². The number of hydrogen-bond donors (Lipinski definition) is 2. The molecule has 1 atom stereocenters. The summed E-state index contributed by atoms with van der Waals surface area (Å²) in [5, 5.41) is 11.4. The van der Waals surface area contributed by atoms with E-state index in [1.165, 1.54) is 7.05 Å². The van der Waals surface area contributed by atoms with E-state index in [1.54, 1.807) is 6.92 Å². The van der Waals surface area contributed by atoms with Crippen molar-refractivity contribution in [3.63, 3.8) is 0 Å². The second-order valence-electron chi connectivity index (χ2n) is 3.77. The maximum atomic E-state index is 11.6. The fourth-order valence-electron chi connectivity index (χ4n) is 1.27. The Balaban J connectivity index is 2.47. The molecule has 0 aromatic heterocycles. The lowest BCUT2D eigenvalue weighted by atomic mass is 10.2. The molecule has 0 aliphatic carbocycles. The van der Waals surface area contributed by atoms with Crippen LogP contribution in [0.5, 0.6) is 0 Å². The van der Waals surface area contributed by atoms with Crippen LogP contribution in [0.25, 0.3) is 0 Å². The van der Waals surface area contributed by atoms with Crippen LogP contribution < -0.4 is 5.32 Å². The topological polar surface area (TPSA) is 69.6 Å². The molecule has 0 aliphatic heterocycles. The van der Waals surface area contributed by atoms with E-state index in [1.807, 2.05) is 30.3 Å². The Kier molecular flexibility index (Phi) is 4.51. The first-order chi connectivity index (χ1) is 8.02. The number of nitrogens with one attached hydrogen (secondary N) is 1. The molecule has 1 aromatic carbocycles. The van der Waals surface area contributed by atoms with Crippen molar-refractivity contribution in [3.8, 4) is 0 Å². The summed E-state index contributed by atoms with van der Waals surface area (Å²) in [4.78, 5) is 23.3. The van der Waals surface area contributed by atoms with Gasteiger partial charge in [-0.05, 0) is 12.5 Å². The molecule has 0 bridgehead atoms. The van der Waals surface area contributed by atoms with Crippen molar-refractivity contribution in [2.24, 2.45) is 0 Å². The zero-order valence-corrected chi connectivity index (χ0v) is 9.88. The first-order valence-corrected chi connectivity index (χ1v) is 5.29. The fourth-order valence-corrected chi connectivity index (χ4v) is 1.27. The highest BCUT2D eigenvalue weighted by Crippen LogP contribution is 2.00. The smallest absolute Gasteiger partial charge is 0.407 e. The highest BCUT2D eigenvalue weighted by Gasteiger charge is 2.21. The third-order valence-corrected chi connectivity index (χ3v) is 2.57. The summed E-state index contributed by atoms with van der Waals surface area (Å²) in [7, 11) is 1.37. The molecule has 0 saturated heterocycles. The average molecular weight is 236 g/mol. The fraction of sp³-hybridized carbons (Fsp3) is 0.333. The summed E-state index contributed by atoms with van der Waals surface area (Å²) in [5.41, 5.74) is 0.978. The first kappa shape index (κ1) is 13.0. The van der Waals surface area contributed by atoms with Gasteiger partial charge in [0.05, 0.1) is 0 Å². The number of carbonyl (C=O) groups excluding carboxylic acids is 1. The Hall–Kier alpha value is -2.04. The molecule has 92 valence electrons. The number of rotatable bonds is 4. The van der Waals surface area contributed by atoms with Crippen molar-refractivity contribution < 1.29 is 14.7 Å². The van der Waals surface area contributed by atoms with Crippen LogP contribution >= 0.6 is 0 Å². The quantitative estimate of drug-likeness (QED) is 0.827. The molecule has 1 aromatic rings. The van der Waals surface area contributed by atoms with Gasteiger partial charge in [0.1, 0.15) is 6.04 Å². The van der Waals surface area contributed by atoms with Gasteiger partial charge >= 0.3 is 6.09 Å². The summed E-state index contributed by atoms with van der Waals surface area (Å²) in [5.74, 6) is -0.307. The molecule has 0 heterocycles. The van der Waals surface area contributed by atoms with Gasteiger partial charge in [0.2, 0.25) is 5.91 Å². The maximum Gasteiger partial charge on any atom is 0.407 e. The average Bonchev–Trinajstić information content (AvgIpc) is 2.35. The standard InChI is InChI=1S/C12H16N2O3/c1-9(14(2)12(16)17)11(15)13-8-10-6-4-3-5-7-10/h3-7,9H,8H2,1-2H3,(H,13,15)(H,16,17)/t9-/m0/s1. The minimum Gasteiger partial charge on any atom is -0.465 e. The second kappa shape index (κ2) is 5.89. The summed E-state index contributed by atoms with van der Waals surface area (Å²) < 4.78 is 0. The van der Waals surface area contributed by atoms with Crippen LogP contribution in [0.2, 0.25) is 0 Å². The van der Waals surface area contributed by atoms with Crippen molar-refractivity contribution in [1.82, 2.24) is 10.2 Å². The van der Waals surface area contributed by atoms with Crippen molar-refractivity contribution in [2.75, 3.05) is 7.05 Å². The van der Waals surface area contributed by atoms with E-state index in [2.05, 4.69) is 5.32 Å². The number of nitrogens with zero attached hydrogens (tertiary/aromatic N) is 1. The van der Waals surface area contributed by atoms with Gasteiger partial charge in [-0.3, -0.25) is 9.69 Å². The Morgan fingerprint density at radius 2 is 1.94 bits per heavy atom. The number of hydrogen-bond acceptors (Lipinski definition) is 2. The van der Waals surface area contributed by atoms with Gasteiger partial charge < -0.3 is 10.4 Å². The van der Waals surface area contributed by atoms with Crippen LogP contribution in [-0.2, 0) is 11.3 Å². The normalized spacial score (nSPS) is 11.6. The zero-order valence-electron chi connectivity index (χ0n) is 9.88. The third-order valence-electron chi connectivity index (χ3n) is 2.57. The molecule has 2 amide bonds. The van der Waals surface area contributed by atoms with Gasteiger partial charge in [-0.15, -0.1) is 0 Å². The van der Waals surface area contributed by atoms with Crippen molar-refractivity contribution in [2.45, 2.75) is 19.5 Å². The highest BCUT2D eigenvalue weighted by molar-refractivity contribution is 5.84. The van der Waals surface area contributed by atoms with E-state index in [0.717, 1.165) is 10.5 Å². The number of carbonyl (C=O) groups is 2. The van der Waals surface area contributed by atoms with E-state index >= 15 is 0 Å². The van der Waals surface area contributed by atoms with Crippen LogP contribution in [0.3, 0.4) is 0 Å². The van der Waals surface area contributed by atoms with Crippen LogP contribution in [0, 0.1) is 0 Å². The molecule has 17 heavy (non-hydrogen) atoms. The molecule has 0 fully saturated rings. The molecular weight excluding hydrogens is 220 g/mol. The monoisotopic (exact) mass is 236 g/mol. The molecular formula is C12H16N2O3. The summed E-state index contributed by atoms with van der Waals surface area (Å²) in [6, 6.07) is 8.75. The van der Waals surface area contributed by atoms with Gasteiger partial charge in [0.25, 0.3) is 0 Å². The third kappa shape index (κ3) is 3.79. The van der Waals surface area contributed by atoms with Crippen molar-refractivity contribution in [3.05, 3.63) is 35.9 Å². The maximum absolute atomic E-state index is 11.6. The van der Waals surface area contributed by atoms with Crippen LogP contribution in [-0.4, -0.2) is 35.1 Å². The molecule has 5 heteroatoms. The largest absolute Gasteiger partial charge is 0.465 e. The van der Waals surface area contributed by atoms with Gasteiger partial charge in [0, 0.05) is 13.6 Å². The Labute approximate surface area is 100 Å². The van der Waals surface area contributed by atoms with Gasteiger partial charge in [-0.2, -0.15) is 0 Å². The predicted molar refractivity (Wildman–Crippen MR) is 63.5 cm³/mol. The van der Waals surface area contributed by atoms with Crippen molar-refractivity contribution >= 4 is 12.0 Å². The van der Waals surface area contributed by atoms with Gasteiger partial charge in [-0.25, -0.2) is 4.79 Å². The SMILES string of the molecule is C[C@@H](C(=O)NCc1ccccc1)N(C)C(=O)O. The minimum atomic E-state index is -1.12. The van der Waals surface area contributed by atoms with Crippen LogP contribution in [0.4, 0.5) is 4.79 Å². The molecule has 1 rings (SSSR count). The zero-order chi connectivity index (χ0) is 12.8. The Morgan fingerprint density at radius 1 is 1.35 bits per heavy atom. The summed E-state index contributed by atoms with van der Waals surface area (Å²) >= 11 is 0. The minimum absolute atomic E-state index is 0.307. The molecule has 5 nitrogen and oxygen atoms in total. The predicted octanol–water partition coefficient (Wildman–Crippen LogP) is 1.30. The van der Waals surface area contributed by atoms with E-state index in [-0.39, 0.29) is 5.91 Å². The number of benzene rings is 1. The summed E-state index contributed by atoms with van der Waals surface area (Å²) in [6.07, 6.45) is -1.12. The lowest BCUT2D eigenvalue weighted by Crippen LogP contribution is -2.45. The lowest BCUT2D eigenvalue weighted by molar-refractivity contribution is -0.125. The van der Waals surface area contributed by atoms with Gasteiger partial charge in [-0.1, -0.05) is 30.3 Å². The molecule has 0 radical (unpaired) electrons. The second-order valence-corrected chi connectivity index (χ2v) is 3.77. The van der Waals surface area contributed by atoms with E-state index in [0.29, 0.717) is 6.54 Å².